The van der Waals surface area contributed by atoms with Gasteiger partial charge in [0.05, 0.1) is 0 Å². The normalized spacial score (nSPS) is 24.5. The molecular weight excluding hydrogens is 246 g/mol. The van der Waals surface area contributed by atoms with Gasteiger partial charge in [-0.2, -0.15) is 0 Å². The molecule has 2 aliphatic heterocycles. The molecule has 0 radical (unpaired) electrons. The van der Waals surface area contributed by atoms with Gasteiger partial charge in [0.1, 0.15) is 6.29 Å². The predicted molar refractivity (Wildman–Crippen MR) is 82.2 cm³/mol. The average Bonchev–Trinajstić information content (AvgIpc) is 3.07. The van der Waals surface area contributed by atoms with Crippen LogP contribution in [0.3, 0.4) is 0 Å². The molecule has 0 atom stereocenters. The highest BCUT2D eigenvalue weighted by Gasteiger charge is 2.39. The highest BCUT2D eigenvalue weighted by molar-refractivity contribution is 5.87. The van der Waals surface area contributed by atoms with Crippen LogP contribution in [0.25, 0.3) is 10.8 Å². The van der Waals surface area contributed by atoms with Crippen molar-refractivity contribution >= 4 is 22.7 Å². The molecule has 2 aliphatic rings. The number of aldehydes is 1. The molecule has 0 unspecified atom stereocenters. The Balaban J connectivity index is 1.72. The molecule has 0 saturated carbocycles. The second-order valence-corrected chi connectivity index (χ2v) is 6.11. The van der Waals surface area contributed by atoms with E-state index in [1.165, 1.54) is 42.1 Å². The van der Waals surface area contributed by atoms with Crippen LogP contribution < -0.4 is 4.90 Å². The summed E-state index contributed by atoms with van der Waals surface area (Å²) in [5, 5.41) is 2.52. The van der Waals surface area contributed by atoms with Gasteiger partial charge in [0.2, 0.25) is 0 Å². The maximum Gasteiger partial charge on any atom is 0.124 e. The molecule has 2 aromatic carbocycles. The van der Waals surface area contributed by atoms with Gasteiger partial charge in [0.15, 0.2) is 0 Å². The van der Waals surface area contributed by atoms with Crippen molar-refractivity contribution in [2.75, 3.05) is 4.90 Å². The lowest BCUT2D eigenvalue weighted by Gasteiger charge is -2.25. The second-order valence-electron chi connectivity index (χ2n) is 6.11. The molecule has 0 aromatic heterocycles. The van der Waals surface area contributed by atoms with Crippen molar-refractivity contribution in [2.24, 2.45) is 0 Å². The number of carbonyl (C=O) groups excluding carboxylic acids is 1. The summed E-state index contributed by atoms with van der Waals surface area (Å²) in [6.45, 7) is 0. The maximum atomic E-state index is 10.6. The summed E-state index contributed by atoms with van der Waals surface area (Å²) in [6.07, 6.45) is 6.93. The number of anilines is 1. The van der Waals surface area contributed by atoms with Crippen LogP contribution in [0.5, 0.6) is 0 Å². The standard InChI is InChI=1S/C18H19NO/c20-10-9-13-1-2-15-12-18(4-3-14(15)11-13)19-16-5-6-17(19)8-7-16/h1-4,10-12,16-17H,5-9H2. The van der Waals surface area contributed by atoms with Crippen molar-refractivity contribution in [2.45, 2.75) is 44.2 Å². The summed E-state index contributed by atoms with van der Waals surface area (Å²) >= 11 is 0. The molecule has 0 N–H and O–H groups in total. The van der Waals surface area contributed by atoms with Gasteiger partial charge < -0.3 is 9.69 Å². The topological polar surface area (TPSA) is 20.3 Å². The number of fused-ring (bicyclic) bond motifs is 3. The number of rotatable bonds is 3. The fourth-order valence-electron chi connectivity index (χ4n) is 4.00. The van der Waals surface area contributed by atoms with Crippen LogP contribution in [0.2, 0.25) is 0 Å². The molecule has 2 nitrogen and oxygen atoms in total. The minimum Gasteiger partial charge on any atom is -0.366 e. The summed E-state index contributed by atoms with van der Waals surface area (Å²) in [4.78, 5) is 13.2. The van der Waals surface area contributed by atoms with E-state index in [0.29, 0.717) is 6.42 Å². The monoisotopic (exact) mass is 265 g/mol. The fourth-order valence-corrected chi connectivity index (χ4v) is 4.00. The van der Waals surface area contributed by atoms with Crippen LogP contribution >= 0.6 is 0 Å². The summed E-state index contributed by atoms with van der Waals surface area (Å²) < 4.78 is 0. The third-order valence-corrected chi connectivity index (χ3v) is 4.96. The van der Waals surface area contributed by atoms with Crippen molar-refractivity contribution < 1.29 is 4.79 Å². The third-order valence-electron chi connectivity index (χ3n) is 4.96. The van der Waals surface area contributed by atoms with Crippen molar-refractivity contribution in [1.29, 1.82) is 0 Å². The van der Waals surface area contributed by atoms with E-state index in [1.807, 2.05) is 0 Å². The fraction of sp³-hybridized carbons (Fsp3) is 0.389. The molecule has 102 valence electrons. The zero-order chi connectivity index (χ0) is 13.5. The lowest BCUT2D eigenvalue weighted by molar-refractivity contribution is -0.107. The molecular formula is C18H19NO. The van der Waals surface area contributed by atoms with Gasteiger partial charge in [-0.05, 0) is 54.2 Å². The molecule has 20 heavy (non-hydrogen) atoms. The van der Waals surface area contributed by atoms with Crippen LogP contribution in [0.4, 0.5) is 5.69 Å². The van der Waals surface area contributed by atoms with Crippen molar-refractivity contribution in [3.63, 3.8) is 0 Å². The van der Waals surface area contributed by atoms with Crippen LogP contribution in [0.1, 0.15) is 31.2 Å². The maximum absolute atomic E-state index is 10.6. The van der Waals surface area contributed by atoms with Gasteiger partial charge in [0, 0.05) is 24.2 Å². The Morgan fingerprint density at radius 3 is 2.30 bits per heavy atom. The first kappa shape index (κ1) is 12.0. The van der Waals surface area contributed by atoms with Gasteiger partial charge in [0.25, 0.3) is 0 Å². The molecule has 2 heterocycles. The molecule has 2 aromatic rings. The van der Waals surface area contributed by atoms with Gasteiger partial charge in [-0.1, -0.05) is 24.3 Å². The Kier molecular flexibility index (Phi) is 2.76. The minimum absolute atomic E-state index is 0.508. The smallest absolute Gasteiger partial charge is 0.124 e. The van der Waals surface area contributed by atoms with E-state index in [9.17, 15) is 4.79 Å². The van der Waals surface area contributed by atoms with Gasteiger partial charge in [-0.3, -0.25) is 0 Å². The first-order valence-corrected chi connectivity index (χ1v) is 7.60. The average molecular weight is 265 g/mol. The van der Waals surface area contributed by atoms with Crippen LogP contribution in [-0.4, -0.2) is 18.4 Å². The summed E-state index contributed by atoms with van der Waals surface area (Å²) in [5.41, 5.74) is 2.48. The van der Waals surface area contributed by atoms with Gasteiger partial charge in [-0.15, -0.1) is 0 Å². The molecule has 0 amide bonds. The molecule has 0 aliphatic carbocycles. The number of hydrogen-bond donors (Lipinski definition) is 0. The SMILES string of the molecule is O=CCc1ccc2cc(N3C4CCC3CC4)ccc2c1. The first-order valence-electron chi connectivity index (χ1n) is 7.60. The first-order chi connectivity index (χ1) is 9.85. The van der Waals surface area contributed by atoms with E-state index >= 15 is 0 Å². The van der Waals surface area contributed by atoms with E-state index in [-0.39, 0.29) is 0 Å². The van der Waals surface area contributed by atoms with Crippen molar-refractivity contribution in [3.05, 3.63) is 42.0 Å². The Bertz CT molecular complexity index is 644. The highest BCUT2D eigenvalue weighted by Crippen LogP contribution is 2.41. The van der Waals surface area contributed by atoms with Crippen LogP contribution in [0, 0.1) is 0 Å². The van der Waals surface area contributed by atoms with Crippen LogP contribution in [0.15, 0.2) is 36.4 Å². The summed E-state index contributed by atoms with van der Waals surface area (Å²) in [6, 6.07) is 14.7. The molecule has 2 saturated heterocycles. The van der Waals surface area contributed by atoms with Crippen molar-refractivity contribution in [3.8, 4) is 0 Å². The Morgan fingerprint density at radius 2 is 1.60 bits per heavy atom. The molecule has 4 rings (SSSR count). The van der Waals surface area contributed by atoms with E-state index in [2.05, 4.69) is 41.3 Å². The zero-order valence-corrected chi connectivity index (χ0v) is 11.6. The highest BCUT2D eigenvalue weighted by atomic mass is 16.1. The molecule has 2 bridgehead atoms. The predicted octanol–water partition coefficient (Wildman–Crippen LogP) is 3.71. The van der Waals surface area contributed by atoms with Gasteiger partial charge >= 0.3 is 0 Å². The lowest BCUT2D eigenvalue weighted by Crippen LogP contribution is -2.27. The number of carbonyl (C=O) groups is 1. The number of hydrogen-bond acceptors (Lipinski definition) is 2. The summed E-state index contributed by atoms with van der Waals surface area (Å²) in [7, 11) is 0. The lowest BCUT2D eigenvalue weighted by atomic mass is 10.0. The largest absolute Gasteiger partial charge is 0.366 e. The van der Waals surface area contributed by atoms with Crippen molar-refractivity contribution in [1.82, 2.24) is 0 Å². The minimum atomic E-state index is 0.508. The van der Waals surface area contributed by atoms with Crippen LogP contribution in [-0.2, 0) is 11.2 Å². The summed E-state index contributed by atoms with van der Waals surface area (Å²) in [5.74, 6) is 0. The second kappa shape index (κ2) is 4.62. The van der Waals surface area contributed by atoms with Gasteiger partial charge in [-0.25, -0.2) is 0 Å². The third kappa shape index (κ3) is 1.82. The molecule has 2 heteroatoms. The Hall–Kier alpha value is -1.83. The number of nitrogens with zero attached hydrogens (tertiary/aromatic N) is 1. The van der Waals surface area contributed by atoms with E-state index in [4.69, 9.17) is 0 Å². The Morgan fingerprint density at radius 1 is 0.950 bits per heavy atom. The van der Waals surface area contributed by atoms with E-state index < -0.39 is 0 Å². The molecule has 2 fully saturated rings. The van der Waals surface area contributed by atoms with E-state index in [0.717, 1.165) is 23.9 Å². The quantitative estimate of drug-likeness (QED) is 0.788. The Labute approximate surface area is 119 Å². The van der Waals surface area contributed by atoms with E-state index in [1.54, 1.807) is 0 Å². The molecule has 0 spiro atoms. The zero-order valence-electron chi connectivity index (χ0n) is 11.6. The number of benzene rings is 2.